The molecule has 0 saturated carbocycles. The van der Waals surface area contributed by atoms with Crippen LogP contribution in [0.2, 0.25) is 0 Å². The minimum atomic E-state index is -0.705. The van der Waals surface area contributed by atoms with Gasteiger partial charge in [0.25, 0.3) is 0 Å². The fourth-order valence-corrected chi connectivity index (χ4v) is 1.29. The molecule has 0 radical (unpaired) electrons. The second-order valence-corrected chi connectivity index (χ2v) is 3.52. The smallest absolute Gasteiger partial charge is 0.146 e. The predicted molar refractivity (Wildman–Crippen MR) is 52.2 cm³/mol. The molecule has 0 aromatic carbocycles. The van der Waals surface area contributed by atoms with Crippen molar-refractivity contribution in [2.45, 2.75) is 18.9 Å². The van der Waals surface area contributed by atoms with Gasteiger partial charge in [0, 0.05) is 31.0 Å². The summed E-state index contributed by atoms with van der Waals surface area (Å²) in [4.78, 5) is 3.68. The third-order valence-electron chi connectivity index (χ3n) is 2.21. The zero-order valence-electron chi connectivity index (χ0n) is 8.46. The highest BCUT2D eigenvalue weighted by Crippen LogP contribution is 2.23. The van der Waals surface area contributed by atoms with Crippen molar-refractivity contribution in [1.82, 2.24) is 4.98 Å². The van der Waals surface area contributed by atoms with Crippen LogP contribution in [0.1, 0.15) is 18.9 Å². The summed E-state index contributed by atoms with van der Waals surface area (Å²) in [6, 6.07) is 1.60. The topological polar surface area (TPSA) is 48.1 Å². The van der Waals surface area contributed by atoms with Crippen molar-refractivity contribution in [3.05, 3.63) is 29.8 Å². The number of hydrogen-bond acceptors (Lipinski definition) is 3. The van der Waals surface area contributed by atoms with Crippen LogP contribution in [0.25, 0.3) is 0 Å². The van der Waals surface area contributed by atoms with Gasteiger partial charge in [-0.15, -0.1) is 0 Å². The van der Waals surface area contributed by atoms with Gasteiger partial charge in [-0.3, -0.25) is 4.98 Å². The van der Waals surface area contributed by atoms with E-state index in [-0.39, 0.29) is 5.82 Å². The van der Waals surface area contributed by atoms with Crippen molar-refractivity contribution in [3.8, 4) is 0 Å². The SMILES string of the molecule is COCCC(C)(N)c1ccncc1F. The first-order chi connectivity index (χ1) is 6.58. The van der Waals surface area contributed by atoms with E-state index in [0.29, 0.717) is 18.6 Å². The summed E-state index contributed by atoms with van der Waals surface area (Å²) < 4.78 is 18.3. The Hall–Kier alpha value is -1.00. The van der Waals surface area contributed by atoms with Gasteiger partial charge in [0.2, 0.25) is 0 Å². The lowest BCUT2D eigenvalue weighted by molar-refractivity contribution is 0.171. The number of rotatable bonds is 4. The molecule has 0 aliphatic rings. The quantitative estimate of drug-likeness (QED) is 0.796. The number of halogens is 1. The Kier molecular flexibility index (Phi) is 3.55. The van der Waals surface area contributed by atoms with Gasteiger partial charge in [-0.25, -0.2) is 4.39 Å². The monoisotopic (exact) mass is 198 g/mol. The van der Waals surface area contributed by atoms with E-state index in [1.54, 1.807) is 20.1 Å². The molecule has 78 valence electrons. The third kappa shape index (κ3) is 2.49. The van der Waals surface area contributed by atoms with Crippen LogP contribution in [-0.2, 0) is 10.3 Å². The minimum absolute atomic E-state index is 0.367. The molecule has 1 aromatic rings. The molecular weight excluding hydrogens is 183 g/mol. The minimum Gasteiger partial charge on any atom is -0.385 e. The Labute approximate surface area is 83.1 Å². The number of methoxy groups -OCH3 is 1. The first kappa shape index (κ1) is 11.1. The molecule has 0 amide bonds. The van der Waals surface area contributed by atoms with E-state index in [0.717, 1.165) is 0 Å². The fraction of sp³-hybridized carbons (Fsp3) is 0.500. The standard InChI is InChI=1S/C10H15FN2O/c1-10(12,4-6-14-2)8-3-5-13-7-9(8)11/h3,5,7H,4,6,12H2,1-2H3. The highest BCUT2D eigenvalue weighted by atomic mass is 19.1. The predicted octanol–water partition coefficient (Wildman–Crippen LogP) is 1.43. The van der Waals surface area contributed by atoms with Crippen LogP contribution in [-0.4, -0.2) is 18.7 Å². The summed E-state index contributed by atoms with van der Waals surface area (Å²) in [6.07, 6.45) is 3.29. The number of hydrogen-bond donors (Lipinski definition) is 1. The van der Waals surface area contributed by atoms with E-state index < -0.39 is 5.54 Å². The van der Waals surface area contributed by atoms with Crippen molar-refractivity contribution >= 4 is 0 Å². The number of nitrogens with two attached hydrogens (primary N) is 1. The van der Waals surface area contributed by atoms with E-state index in [1.807, 2.05) is 0 Å². The van der Waals surface area contributed by atoms with Crippen molar-refractivity contribution in [2.24, 2.45) is 5.73 Å². The van der Waals surface area contributed by atoms with Gasteiger partial charge < -0.3 is 10.5 Å². The van der Waals surface area contributed by atoms with E-state index in [9.17, 15) is 4.39 Å². The van der Waals surface area contributed by atoms with Crippen LogP contribution in [0.15, 0.2) is 18.5 Å². The second kappa shape index (κ2) is 4.48. The van der Waals surface area contributed by atoms with Gasteiger partial charge in [0.1, 0.15) is 5.82 Å². The Morgan fingerprint density at radius 1 is 1.64 bits per heavy atom. The summed E-state index contributed by atoms with van der Waals surface area (Å²) >= 11 is 0. The van der Waals surface area contributed by atoms with Crippen LogP contribution in [0, 0.1) is 5.82 Å². The maximum absolute atomic E-state index is 13.3. The van der Waals surface area contributed by atoms with E-state index in [1.165, 1.54) is 12.4 Å². The molecule has 3 nitrogen and oxygen atoms in total. The molecule has 0 spiro atoms. The molecule has 1 heterocycles. The number of pyridine rings is 1. The van der Waals surface area contributed by atoms with E-state index >= 15 is 0 Å². The first-order valence-electron chi connectivity index (χ1n) is 4.46. The Bertz CT molecular complexity index is 302. The van der Waals surface area contributed by atoms with Crippen molar-refractivity contribution in [3.63, 3.8) is 0 Å². The lowest BCUT2D eigenvalue weighted by Crippen LogP contribution is -2.35. The molecule has 0 fully saturated rings. The maximum Gasteiger partial charge on any atom is 0.146 e. The summed E-state index contributed by atoms with van der Waals surface area (Å²) in [5.74, 6) is -0.367. The maximum atomic E-state index is 13.3. The Morgan fingerprint density at radius 3 is 2.93 bits per heavy atom. The molecule has 1 unspecified atom stereocenters. The first-order valence-corrected chi connectivity index (χ1v) is 4.46. The molecule has 1 rings (SSSR count). The molecule has 2 N–H and O–H groups in total. The average molecular weight is 198 g/mol. The number of ether oxygens (including phenoxy) is 1. The fourth-order valence-electron chi connectivity index (χ4n) is 1.29. The average Bonchev–Trinajstić information content (AvgIpc) is 2.15. The van der Waals surface area contributed by atoms with E-state index in [4.69, 9.17) is 10.5 Å². The van der Waals surface area contributed by atoms with Gasteiger partial charge in [-0.2, -0.15) is 0 Å². The summed E-state index contributed by atoms with van der Waals surface area (Å²) in [7, 11) is 1.60. The highest BCUT2D eigenvalue weighted by Gasteiger charge is 2.24. The van der Waals surface area contributed by atoms with Crippen molar-refractivity contribution in [1.29, 1.82) is 0 Å². The largest absolute Gasteiger partial charge is 0.385 e. The highest BCUT2D eigenvalue weighted by molar-refractivity contribution is 5.21. The van der Waals surface area contributed by atoms with Crippen LogP contribution < -0.4 is 5.73 Å². The summed E-state index contributed by atoms with van der Waals surface area (Å²) in [6.45, 7) is 2.29. The summed E-state index contributed by atoms with van der Waals surface area (Å²) in [5.41, 5.74) is 5.75. The van der Waals surface area contributed by atoms with Gasteiger partial charge in [-0.05, 0) is 19.4 Å². The third-order valence-corrected chi connectivity index (χ3v) is 2.21. The van der Waals surface area contributed by atoms with Gasteiger partial charge >= 0.3 is 0 Å². The van der Waals surface area contributed by atoms with E-state index in [2.05, 4.69) is 4.98 Å². The molecule has 4 heteroatoms. The molecule has 0 aliphatic carbocycles. The molecular formula is C10H15FN2O. The van der Waals surface area contributed by atoms with Crippen molar-refractivity contribution < 1.29 is 9.13 Å². The van der Waals surface area contributed by atoms with Crippen LogP contribution >= 0.6 is 0 Å². The zero-order valence-corrected chi connectivity index (χ0v) is 8.46. The van der Waals surface area contributed by atoms with Crippen LogP contribution in [0.3, 0.4) is 0 Å². The Balaban J connectivity index is 2.86. The molecule has 1 atom stereocenters. The van der Waals surface area contributed by atoms with Crippen LogP contribution in [0.5, 0.6) is 0 Å². The zero-order chi connectivity index (χ0) is 10.6. The van der Waals surface area contributed by atoms with Gasteiger partial charge in [0.05, 0.1) is 6.20 Å². The Morgan fingerprint density at radius 2 is 2.36 bits per heavy atom. The lowest BCUT2D eigenvalue weighted by atomic mass is 9.90. The van der Waals surface area contributed by atoms with Crippen molar-refractivity contribution in [2.75, 3.05) is 13.7 Å². The molecule has 0 saturated heterocycles. The molecule has 14 heavy (non-hydrogen) atoms. The second-order valence-electron chi connectivity index (χ2n) is 3.52. The van der Waals surface area contributed by atoms with Gasteiger partial charge in [0.15, 0.2) is 0 Å². The molecule has 1 aromatic heterocycles. The molecule has 0 bridgehead atoms. The van der Waals surface area contributed by atoms with Crippen LogP contribution in [0.4, 0.5) is 4.39 Å². The molecule has 0 aliphatic heterocycles. The summed E-state index contributed by atoms with van der Waals surface area (Å²) in [5, 5.41) is 0. The normalized spacial score (nSPS) is 15.1. The lowest BCUT2D eigenvalue weighted by Gasteiger charge is -2.24. The number of nitrogens with zero attached hydrogens (tertiary/aromatic N) is 1. The number of aromatic nitrogens is 1. The van der Waals surface area contributed by atoms with Gasteiger partial charge in [-0.1, -0.05) is 0 Å².